The molecule has 130 valence electrons. The van der Waals surface area contributed by atoms with Gasteiger partial charge >= 0.3 is 0 Å². The fraction of sp³-hybridized carbons (Fsp3) is 0.353. The molecule has 25 heavy (non-hydrogen) atoms. The average molecular weight is 358 g/mol. The Balaban J connectivity index is 1.72. The quantitative estimate of drug-likeness (QED) is 0.777. The minimum absolute atomic E-state index is 0.706. The van der Waals surface area contributed by atoms with Crippen LogP contribution in [0.1, 0.15) is 0 Å². The summed E-state index contributed by atoms with van der Waals surface area (Å²) in [6.07, 6.45) is 1.79. The van der Waals surface area contributed by atoms with Gasteiger partial charge in [0, 0.05) is 43.9 Å². The van der Waals surface area contributed by atoms with Gasteiger partial charge in [-0.1, -0.05) is 11.6 Å². The Bertz CT molecular complexity index is 882. The summed E-state index contributed by atoms with van der Waals surface area (Å²) in [6, 6.07) is 7.57. The molecule has 0 aliphatic carbocycles. The highest BCUT2D eigenvalue weighted by Gasteiger charge is 2.20. The maximum Gasteiger partial charge on any atom is 0.229 e. The summed E-state index contributed by atoms with van der Waals surface area (Å²) >= 11 is 5.97. The van der Waals surface area contributed by atoms with Crippen LogP contribution in [0.25, 0.3) is 11.0 Å². The molecule has 3 heterocycles. The number of likely N-dealkylation sites (N-methyl/N-ethyl adjacent to an activating group) is 1. The van der Waals surface area contributed by atoms with Gasteiger partial charge in [-0.15, -0.1) is 0 Å². The SMILES string of the molecule is CN1CCN(c2nc(Nc3ccc(Cl)cc3)c3cnn(C)c3n2)CC1. The number of halogens is 1. The Morgan fingerprint density at radius 1 is 1.00 bits per heavy atom. The van der Waals surface area contributed by atoms with Gasteiger partial charge in [-0.25, -0.2) is 0 Å². The molecule has 0 amide bonds. The minimum atomic E-state index is 0.706. The minimum Gasteiger partial charge on any atom is -0.339 e. The number of rotatable bonds is 3. The summed E-state index contributed by atoms with van der Waals surface area (Å²) in [6.45, 7) is 3.85. The highest BCUT2D eigenvalue weighted by Crippen LogP contribution is 2.27. The van der Waals surface area contributed by atoms with Crippen molar-refractivity contribution in [1.82, 2.24) is 24.6 Å². The lowest BCUT2D eigenvalue weighted by atomic mass is 10.3. The molecule has 4 rings (SSSR count). The lowest BCUT2D eigenvalue weighted by Crippen LogP contribution is -2.45. The van der Waals surface area contributed by atoms with E-state index < -0.39 is 0 Å². The van der Waals surface area contributed by atoms with Crippen LogP contribution in [-0.4, -0.2) is 57.9 Å². The van der Waals surface area contributed by atoms with E-state index in [4.69, 9.17) is 21.6 Å². The highest BCUT2D eigenvalue weighted by molar-refractivity contribution is 6.30. The number of benzene rings is 1. The van der Waals surface area contributed by atoms with Gasteiger partial charge in [-0.2, -0.15) is 15.1 Å². The van der Waals surface area contributed by atoms with Crippen molar-refractivity contribution in [2.45, 2.75) is 0 Å². The summed E-state index contributed by atoms with van der Waals surface area (Å²) in [5.74, 6) is 1.50. The molecular formula is C17H20ClN7. The Morgan fingerprint density at radius 3 is 2.44 bits per heavy atom. The zero-order chi connectivity index (χ0) is 17.4. The fourth-order valence-electron chi connectivity index (χ4n) is 2.92. The molecule has 0 radical (unpaired) electrons. The van der Waals surface area contributed by atoms with Crippen LogP contribution in [0, 0.1) is 0 Å². The van der Waals surface area contributed by atoms with Crippen LogP contribution in [0.2, 0.25) is 5.02 Å². The van der Waals surface area contributed by atoms with Crippen molar-refractivity contribution in [3.63, 3.8) is 0 Å². The molecule has 1 aromatic carbocycles. The maximum absolute atomic E-state index is 5.97. The van der Waals surface area contributed by atoms with Crippen LogP contribution in [0.3, 0.4) is 0 Å². The second-order valence-corrected chi connectivity index (χ2v) is 6.74. The smallest absolute Gasteiger partial charge is 0.229 e. The summed E-state index contributed by atoms with van der Waals surface area (Å²) < 4.78 is 1.78. The molecule has 1 N–H and O–H groups in total. The van der Waals surface area contributed by atoms with E-state index >= 15 is 0 Å². The lowest BCUT2D eigenvalue weighted by molar-refractivity contribution is 0.311. The summed E-state index contributed by atoms with van der Waals surface area (Å²) in [5, 5.41) is 9.32. The van der Waals surface area contributed by atoms with E-state index in [1.54, 1.807) is 10.9 Å². The first-order chi connectivity index (χ1) is 12.1. The van der Waals surface area contributed by atoms with Crippen molar-refractivity contribution in [2.24, 2.45) is 7.05 Å². The number of fused-ring (bicyclic) bond motifs is 1. The summed E-state index contributed by atoms with van der Waals surface area (Å²) in [5.41, 5.74) is 1.75. The molecule has 1 aliphatic heterocycles. The van der Waals surface area contributed by atoms with Gasteiger partial charge in [-0.3, -0.25) is 4.68 Å². The van der Waals surface area contributed by atoms with Crippen LogP contribution in [0.5, 0.6) is 0 Å². The molecule has 2 aromatic heterocycles. The third-order valence-electron chi connectivity index (χ3n) is 4.47. The summed E-state index contributed by atoms with van der Waals surface area (Å²) in [7, 11) is 4.03. The van der Waals surface area contributed by atoms with Gasteiger partial charge in [0.05, 0.1) is 11.6 Å². The first kappa shape index (κ1) is 16.1. The van der Waals surface area contributed by atoms with E-state index in [9.17, 15) is 0 Å². The summed E-state index contributed by atoms with van der Waals surface area (Å²) in [4.78, 5) is 14.0. The molecule has 1 saturated heterocycles. The van der Waals surface area contributed by atoms with Gasteiger partial charge in [0.25, 0.3) is 0 Å². The predicted octanol–water partition coefficient (Wildman–Crippen LogP) is 2.51. The van der Waals surface area contributed by atoms with Gasteiger partial charge in [-0.05, 0) is 31.3 Å². The number of hydrogen-bond donors (Lipinski definition) is 1. The van der Waals surface area contributed by atoms with Crippen LogP contribution < -0.4 is 10.2 Å². The fourth-order valence-corrected chi connectivity index (χ4v) is 3.05. The van der Waals surface area contributed by atoms with Crippen molar-refractivity contribution in [2.75, 3.05) is 43.4 Å². The molecule has 8 heteroatoms. The van der Waals surface area contributed by atoms with E-state index in [1.807, 2.05) is 31.3 Å². The van der Waals surface area contributed by atoms with Gasteiger partial charge < -0.3 is 15.1 Å². The molecule has 0 atom stereocenters. The molecule has 0 unspecified atom stereocenters. The number of aryl methyl sites for hydroxylation is 1. The third kappa shape index (κ3) is 3.25. The van der Waals surface area contributed by atoms with E-state index in [0.29, 0.717) is 5.02 Å². The number of piperazine rings is 1. The van der Waals surface area contributed by atoms with Crippen molar-refractivity contribution >= 4 is 40.1 Å². The number of nitrogens with zero attached hydrogens (tertiary/aromatic N) is 6. The molecule has 3 aromatic rings. The van der Waals surface area contributed by atoms with E-state index in [-0.39, 0.29) is 0 Å². The zero-order valence-corrected chi connectivity index (χ0v) is 15.0. The van der Waals surface area contributed by atoms with E-state index in [2.05, 4.69) is 27.3 Å². The number of hydrogen-bond acceptors (Lipinski definition) is 6. The average Bonchev–Trinajstić information content (AvgIpc) is 2.99. The Labute approximate surface area is 151 Å². The first-order valence-electron chi connectivity index (χ1n) is 8.26. The number of nitrogens with one attached hydrogen (secondary N) is 1. The standard InChI is InChI=1S/C17H20ClN7/c1-23-7-9-25(10-8-23)17-21-15(14-11-19-24(2)16(14)22-17)20-13-5-3-12(18)4-6-13/h3-6,11H,7-10H2,1-2H3,(H,20,21,22). The molecular weight excluding hydrogens is 338 g/mol. The number of aromatic nitrogens is 4. The monoisotopic (exact) mass is 357 g/mol. The molecule has 0 bridgehead atoms. The molecule has 1 aliphatic rings. The van der Waals surface area contributed by atoms with Gasteiger partial charge in [0.2, 0.25) is 5.95 Å². The molecule has 1 fully saturated rings. The lowest BCUT2D eigenvalue weighted by Gasteiger charge is -2.32. The second-order valence-electron chi connectivity index (χ2n) is 6.30. The normalized spacial score (nSPS) is 15.7. The molecule has 7 nitrogen and oxygen atoms in total. The maximum atomic E-state index is 5.97. The van der Waals surface area contributed by atoms with E-state index in [1.165, 1.54) is 0 Å². The largest absolute Gasteiger partial charge is 0.339 e. The molecule has 0 spiro atoms. The van der Waals surface area contributed by atoms with E-state index in [0.717, 1.165) is 54.7 Å². The van der Waals surface area contributed by atoms with Crippen molar-refractivity contribution in [1.29, 1.82) is 0 Å². The predicted molar refractivity (Wildman–Crippen MR) is 101 cm³/mol. The van der Waals surface area contributed by atoms with Gasteiger partial charge in [0.15, 0.2) is 5.65 Å². The van der Waals surface area contributed by atoms with Crippen molar-refractivity contribution in [3.05, 3.63) is 35.5 Å². The van der Waals surface area contributed by atoms with Crippen LogP contribution in [-0.2, 0) is 7.05 Å². The zero-order valence-electron chi connectivity index (χ0n) is 14.3. The highest BCUT2D eigenvalue weighted by atomic mass is 35.5. The van der Waals surface area contributed by atoms with Crippen molar-refractivity contribution in [3.8, 4) is 0 Å². The van der Waals surface area contributed by atoms with Crippen LogP contribution >= 0.6 is 11.6 Å². The second kappa shape index (κ2) is 6.50. The topological polar surface area (TPSA) is 62.1 Å². The van der Waals surface area contributed by atoms with Crippen LogP contribution in [0.4, 0.5) is 17.5 Å². The van der Waals surface area contributed by atoms with Crippen molar-refractivity contribution < 1.29 is 0 Å². The third-order valence-corrected chi connectivity index (χ3v) is 4.73. The Hall–Kier alpha value is -2.38. The van der Waals surface area contributed by atoms with Crippen LogP contribution in [0.15, 0.2) is 30.5 Å². The molecule has 0 saturated carbocycles. The first-order valence-corrected chi connectivity index (χ1v) is 8.64. The Kier molecular flexibility index (Phi) is 4.19. The Morgan fingerprint density at radius 2 is 1.72 bits per heavy atom. The number of anilines is 3. The van der Waals surface area contributed by atoms with Gasteiger partial charge in [0.1, 0.15) is 5.82 Å².